The zero-order chi connectivity index (χ0) is 17.6. The van der Waals surface area contributed by atoms with Gasteiger partial charge in [0.25, 0.3) is 0 Å². The molecule has 132 valence electrons. The van der Waals surface area contributed by atoms with Crippen molar-refractivity contribution < 1.29 is 13.2 Å². The van der Waals surface area contributed by atoms with Crippen molar-refractivity contribution in [2.45, 2.75) is 24.9 Å². The lowest BCUT2D eigenvalue weighted by Gasteiger charge is -2.33. The van der Waals surface area contributed by atoms with Gasteiger partial charge < -0.3 is 9.47 Å². The summed E-state index contributed by atoms with van der Waals surface area (Å²) in [7, 11) is 1.61. The summed E-state index contributed by atoms with van der Waals surface area (Å²) in [5.41, 5.74) is -0.204. The molecule has 0 aliphatic carbocycles. The van der Waals surface area contributed by atoms with Crippen LogP contribution in [0.3, 0.4) is 0 Å². The van der Waals surface area contributed by atoms with Crippen molar-refractivity contribution in [3.8, 4) is 0 Å². The molecule has 1 saturated heterocycles. The van der Waals surface area contributed by atoms with Gasteiger partial charge >= 0.3 is 6.18 Å². The van der Waals surface area contributed by atoms with Crippen molar-refractivity contribution in [2.75, 3.05) is 18.0 Å². The van der Waals surface area contributed by atoms with Crippen molar-refractivity contribution in [1.29, 1.82) is 0 Å². The molecule has 1 atom stereocenters. The molecule has 4 heterocycles. The molecule has 25 heavy (non-hydrogen) atoms. The van der Waals surface area contributed by atoms with Gasteiger partial charge in [0.1, 0.15) is 18.0 Å². The Kier molecular flexibility index (Phi) is 3.62. The lowest BCUT2D eigenvalue weighted by molar-refractivity contribution is -0.141. The average molecular weight is 351 g/mol. The fourth-order valence-corrected chi connectivity index (χ4v) is 3.38. The molecule has 10 heteroatoms. The van der Waals surface area contributed by atoms with Gasteiger partial charge in [0.05, 0.1) is 11.6 Å². The maximum atomic E-state index is 12.9. The van der Waals surface area contributed by atoms with Gasteiger partial charge in [0.2, 0.25) is 0 Å². The van der Waals surface area contributed by atoms with Crippen molar-refractivity contribution in [3.05, 3.63) is 30.2 Å². The Morgan fingerprint density at radius 1 is 1.28 bits per heavy atom. The van der Waals surface area contributed by atoms with Crippen LogP contribution in [0.15, 0.2) is 18.7 Å². The van der Waals surface area contributed by atoms with Crippen molar-refractivity contribution in [1.82, 2.24) is 29.7 Å². The fourth-order valence-electron chi connectivity index (χ4n) is 3.38. The smallest absolute Gasteiger partial charge is 0.355 e. The second-order valence-electron chi connectivity index (χ2n) is 6.21. The van der Waals surface area contributed by atoms with Crippen LogP contribution in [0, 0.1) is 0 Å². The Hall–Kier alpha value is -2.65. The molecule has 0 amide bonds. The molecule has 0 aromatic carbocycles. The third-order valence-electron chi connectivity index (χ3n) is 4.52. The van der Waals surface area contributed by atoms with E-state index in [-0.39, 0.29) is 5.92 Å². The highest BCUT2D eigenvalue weighted by molar-refractivity contribution is 5.86. The predicted molar refractivity (Wildman–Crippen MR) is 84.1 cm³/mol. The van der Waals surface area contributed by atoms with E-state index in [1.807, 2.05) is 0 Å². The zero-order valence-electron chi connectivity index (χ0n) is 13.5. The third kappa shape index (κ3) is 2.81. The van der Waals surface area contributed by atoms with E-state index < -0.39 is 11.9 Å². The Morgan fingerprint density at radius 3 is 2.88 bits per heavy atom. The first-order chi connectivity index (χ1) is 11.9. The molecule has 0 saturated carbocycles. The van der Waals surface area contributed by atoms with Crippen LogP contribution in [-0.4, -0.2) is 42.8 Å². The zero-order valence-corrected chi connectivity index (χ0v) is 13.5. The van der Waals surface area contributed by atoms with Gasteiger partial charge in [-0.25, -0.2) is 15.0 Å². The minimum atomic E-state index is -4.43. The fraction of sp³-hybridized carbons (Fsp3) is 0.467. The maximum absolute atomic E-state index is 12.9. The number of hydrogen-bond donors (Lipinski definition) is 1. The second-order valence-corrected chi connectivity index (χ2v) is 6.21. The van der Waals surface area contributed by atoms with Gasteiger partial charge in [-0.1, -0.05) is 0 Å². The number of H-pyrrole nitrogens is 1. The highest BCUT2D eigenvalue weighted by Crippen LogP contribution is 2.34. The molecule has 1 fully saturated rings. The summed E-state index contributed by atoms with van der Waals surface area (Å²) >= 11 is 0. The van der Waals surface area contributed by atoms with E-state index in [1.165, 1.54) is 10.9 Å². The quantitative estimate of drug-likeness (QED) is 0.768. The van der Waals surface area contributed by atoms with Crippen LogP contribution in [0.4, 0.5) is 19.0 Å². The molecule has 3 aromatic heterocycles. The molecular weight excluding hydrogens is 335 g/mol. The largest absolute Gasteiger partial charge is 0.434 e. The lowest BCUT2D eigenvalue weighted by Crippen LogP contribution is -2.36. The number of nitrogens with one attached hydrogen (secondary N) is 1. The molecule has 7 nitrogen and oxygen atoms in total. The van der Waals surface area contributed by atoms with Crippen LogP contribution >= 0.6 is 0 Å². The molecule has 0 bridgehead atoms. The highest BCUT2D eigenvalue weighted by Gasteiger charge is 2.36. The Bertz CT molecular complexity index is 898. The van der Waals surface area contributed by atoms with Crippen molar-refractivity contribution >= 4 is 16.9 Å². The molecule has 1 aliphatic rings. The lowest BCUT2D eigenvalue weighted by atomic mass is 9.97. The summed E-state index contributed by atoms with van der Waals surface area (Å²) in [5.74, 6) is 1.11. The van der Waals surface area contributed by atoms with E-state index in [1.54, 1.807) is 13.2 Å². The number of anilines is 1. The van der Waals surface area contributed by atoms with E-state index in [2.05, 4.69) is 30.0 Å². The van der Waals surface area contributed by atoms with Gasteiger partial charge in [-0.15, -0.1) is 0 Å². The third-order valence-corrected chi connectivity index (χ3v) is 4.52. The SMILES string of the molecule is Cn1cc(C(F)(F)F)nc1C1CCCN(c2ncnc3[nH]ncc23)C1. The number of fused-ring (bicyclic) bond motifs is 1. The van der Waals surface area contributed by atoms with Crippen LogP contribution in [0.5, 0.6) is 0 Å². The molecule has 1 aliphatic heterocycles. The van der Waals surface area contributed by atoms with Crippen LogP contribution in [0.1, 0.15) is 30.3 Å². The molecule has 1 N–H and O–H groups in total. The van der Waals surface area contributed by atoms with Gasteiger partial charge in [-0.05, 0) is 12.8 Å². The van der Waals surface area contributed by atoms with Crippen LogP contribution in [0.25, 0.3) is 11.0 Å². The number of hydrogen-bond acceptors (Lipinski definition) is 5. The summed E-state index contributed by atoms with van der Waals surface area (Å²) in [5, 5.41) is 7.59. The number of piperidine rings is 1. The van der Waals surface area contributed by atoms with Gasteiger partial charge in [-0.2, -0.15) is 18.3 Å². The molecule has 3 aromatic rings. The summed E-state index contributed by atoms with van der Waals surface area (Å²) in [6.45, 7) is 1.34. The number of rotatable bonds is 2. The van der Waals surface area contributed by atoms with Crippen molar-refractivity contribution in [3.63, 3.8) is 0 Å². The van der Waals surface area contributed by atoms with Crippen LogP contribution < -0.4 is 4.90 Å². The highest BCUT2D eigenvalue weighted by atomic mass is 19.4. The maximum Gasteiger partial charge on any atom is 0.434 e. The summed E-state index contributed by atoms with van der Waals surface area (Å²) < 4.78 is 40.2. The Balaban J connectivity index is 1.64. The van der Waals surface area contributed by atoms with Gasteiger partial charge in [-0.3, -0.25) is 5.10 Å². The number of halogens is 3. The molecule has 1 unspecified atom stereocenters. The van der Waals surface area contributed by atoms with Gasteiger partial charge in [0, 0.05) is 32.3 Å². The predicted octanol–water partition coefficient (Wildman–Crippen LogP) is 2.49. The topological polar surface area (TPSA) is 75.5 Å². The van der Waals surface area contributed by atoms with Crippen molar-refractivity contribution in [2.24, 2.45) is 7.05 Å². The summed E-state index contributed by atoms with van der Waals surface area (Å²) in [6.07, 6.45) is 1.38. The number of aromatic amines is 1. The number of aryl methyl sites for hydroxylation is 1. The molecule has 0 radical (unpaired) electrons. The summed E-state index contributed by atoms with van der Waals surface area (Å²) in [6, 6.07) is 0. The first kappa shape index (κ1) is 15.9. The van der Waals surface area contributed by atoms with Gasteiger partial charge in [0.15, 0.2) is 11.3 Å². The van der Waals surface area contributed by atoms with Crippen LogP contribution in [0.2, 0.25) is 0 Å². The monoisotopic (exact) mass is 351 g/mol. The first-order valence-corrected chi connectivity index (χ1v) is 7.93. The van der Waals surface area contributed by atoms with Crippen LogP contribution in [-0.2, 0) is 13.2 Å². The van der Waals surface area contributed by atoms with E-state index in [0.717, 1.165) is 36.8 Å². The Morgan fingerprint density at radius 2 is 2.12 bits per heavy atom. The number of nitrogens with zero attached hydrogens (tertiary/aromatic N) is 6. The average Bonchev–Trinajstić information content (AvgIpc) is 3.20. The summed E-state index contributed by atoms with van der Waals surface area (Å²) in [4.78, 5) is 14.4. The minimum absolute atomic E-state index is 0.0910. The van der Waals surface area contributed by atoms with E-state index in [9.17, 15) is 13.2 Å². The molecule has 4 rings (SSSR count). The van der Waals surface area contributed by atoms with E-state index in [0.29, 0.717) is 18.0 Å². The molecule has 0 spiro atoms. The minimum Gasteiger partial charge on any atom is -0.355 e. The molecular formula is C15H16F3N7. The second kappa shape index (κ2) is 5.71. The first-order valence-electron chi connectivity index (χ1n) is 7.93. The van der Waals surface area contributed by atoms with E-state index in [4.69, 9.17) is 0 Å². The standard InChI is InChI=1S/C15H16F3N7/c1-24-7-11(15(16,17)18)22-13(24)9-3-2-4-25(6-9)14-10-5-21-23-12(10)19-8-20-14/h5,7-9H,2-4,6H2,1H3,(H,19,20,21,23). The number of aromatic nitrogens is 6. The normalized spacial score (nSPS) is 18.9. The van der Waals surface area contributed by atoms with E-state index >= 15 is 0 Å². The Labute approximate surface area is 140 Å². The number of alkyl halides is 3. The number of imidazole rings is 1.